The van der Waals surface area contributed by atoms with Crippen molar-refractivity contribution >= 4 is 23.2 Å². The summed E-state index contributed by atoms with van der Waals surface area (Å²) in [6.45, 7) is 2.22. The van der Waals surface area contributed by atoms with Gasteiger partial charge in [0.2, 0.25) is 0 Å². The van der Waals surface area contributed by atoms with Gasteiger partial charge in [-0.1, -0.05) is 86.5 Å². The average Bonchev–Trinajstić information content (AvgIpc) is 2.88. The molecule has 0 saturated carbocycles. The fourth-order valence-corrected chi connectivity index (χ4v) is 4.03. The van der Waals surface area contributed by atoms with Crippen molar-refractivity contribution in [2.45, 2.75) is 32.6 Å². The molecular formula is C32H32N2O2. The Kier molecular flexibility index (Phi) is 8.20. The number of hydrogen-bond donors (Lipinski definition) is 2. The molecule has 0 bridgehead atoms. The van der Waals surface area contributed by atoms with Crippen LogP contribution in [0, 0.1) is 0 Å². The number of carbonyl (C=O) groups excluding carboxylic acids is 1. The number of benzene rings is 4. The third-order valence-electron chi connectivity index (χ3n) is 6.02. The molecule has 4 rings (SSSR count). The molecule has 0 spiro atoms. The number of carbonyl (C=O) groups is 1. The van der Waals surface area contributed by atoms with Crippen LogP contribution in [0.4, 0.5) is 11.4 Å². The lowest BCUT2D eigenvalue weighted by Gasteiger charge is -2.08. The molecule has 4 nitrogen and oxygen atoms in total. The number of hydrogen-bond acceptors (Lipinski definition) is 4. The lowest BCUT2D eigenvalue weighted by Crippen LogP contribution is -1.94. The predicted molar refractivity (Wildman–Crippen MR) is 150 cm³/mol. The minimum absolute atomic E-state index is 0.0385. The van der Waals surface area contributed by atoms with Crippen LogP contribution in [0.1, 0.15) is 47.7 Å². The first kappa shape index (κ1) is 24.8. The van der Waals surface area contributed by atoms with Gasteiger partial charge in [0.05, 0.1) is 0 Å². The van der Waals surface area contributed by atoms with Gasteiger partial charge in [-0.2, -0.15) is 0 Å². The van der Waals surface area contributed by atoms with E-state index in [-0.39, 0.29) is 5.78 Å². The smallest absolute Gasteiger partial charge is 0.185 e. The van der Waals surface area contributed by atoms with Crippen LogP contribution in [-0.4, -0.2) is 5.78 Å². The number of allylic oxidation sites excluding steroid dienone is 1. The Bertz CT molecular complexity index is 1300. The number of ketones is 1. The highest BCUT2D eigenvalue weighted by Crippen LogP contribution is 2.26. The average molecular weight is 477 g/mol. The van der Waals surface area contributed by atoms with Gasteiger partial charge in [0.15, 0.2) is 5.78 Å². The zero-order chi connectivity index (χ0) is 25.3. The summed E-state index contributed by atoms with van der Waals surface area (Å²) in [6, 6.07) is 29.1. The Balaban J connectivity index is 1.35. The summed E-state index contributed by atoms with van der Waals surface area (Å²) in [5.41, 5.74) is 17.9. The molecule has 0 aromatic heterocycles. The molecule has 36 heavy (non-hydrogen) atoms. The number of anilines is 2. The van der Waals surface area contributed by atoms with E-state index in [1.165, 1.54) is 24.8 Å². The number of aryl methyl sites for hydroxylation is 1. The normalized spacial score (nSPS) is 11.0. The van der Waals surface area contributed by atoms with E-state index in [9.17, 15) is 4.79 Å². The van der Waals surface area contributed by atoms with E-state index in [1.54, 1.807) is 30.4 Å². The first-order valence-corrected chi connectivity index (χ1v) is 12.4. The first-order valence-electron chi connectivity index (χ1n) is 12.4. The summed E-state index contributed by atoms with van der Waals surface area (Å²) in [7, 11) is 0. The van der Waals surface area contributed by atoms with E-state index in [0.29, 0.717) is 28.4 Å². The zero-order valence-electron chi connectivity index (χ0n) is 20.6. The van der Waals surface area contributed by atoms with Gasteiger partial charge in [-0.15, -0.1) is 0 Å². The van der Waals surface area contributed by atoms with E-state index in [4.69, 9.17) is 16.2 Å². The van der Waals surface area contributed by atoms with Crippen molar-refractivity contribution in [3.63, 3.8) is 0 Å². The van der Waals surface area contributed by atoms with Crippen LogP contribution < -0.4 is 16.2 Å². The molecule has 0 aliphatic heterocycles. The monoisotopic (exact) mass is 476 g/mol. The Labute approximate surface area is 213 Å². The van der Waals surface area contributed by atoms with Gasteiger partial charge in [0.25, 0.3) is 0 Å². The predicted octanol–water partition coefficient (Wildman–Crippen LogP) is 7.94. The van der Waals surface area contributed by atoms with Gasteiger partial charge in [0, 0.05) is 29.1 Å². The van der Waals surface area contributed by atoms with Crippen molar-refractivity contribution in [3.8, 4) is 22.6 Å². The molecule has 0 unspecified atom stereocenters. The maximum absolute atomic E-state index is 12.7. The highest BCUT2D eigenvalue weighted by Gasteiger charge is 2.05. The van der Waals surface area contributed by atoms with Crippen molar-refractivity contribution in [2.75, 3.05) is 11.5 Å². The van der Waals surface area contributed by atoms with Gasteiger partial charge in [0.1, 0.15) is 11.5 Å². The molecular weight excluding hydrogens is 444 g/mol. The SMILES string of the molecule is CCCCCc1ccc(-c2ccc(C(=O)C=Cc3ccc(Oc4cc(N)cc(N)c4)cc3)cc2)cc1. The second kappa shape index (κ2) is 11.9. The Morgan fingerprint density at radius 3 is 1.97 bits per heavy atom. The van der Waals surface area contributed by atoms with Gasteiger partial charge < -0.3 is 16.2 Å². The zero-order valence-corrected chi connectivity index (χ0v) is 20.6. The summed E-state index contributed by atoms with van der Waals surface area (Å²) < 4.78 is 5.81. The van der Waals surface area contributed by atoms with Gasteiger partial charge in [-0.25, -0.2) is 0 Å². The van der Waals surface area contributed by atoms with Crippen LogP contribution in [0.15, 0.2) is 97.1 Å². The number of ether oxygens (including phenoxy) is 1. The second-order valence-electron chi connectivity index (χ2n) is 8.94. The van der Waals surface area contributed by atoms with E-state index in [1.807, 2.05) is 48.5 Å². The molecule has 0 aliphatic carbocycles. The quantitative estimate of drug-likeness (QED) is 0.105. The second-order valence-corrected chi connectivity index (χ2v) is 8.94. The minimum atomic E-state index is -0.0385. The standard InChI is InChI=1S/C32H32N2O2/c1-2-3-4-5-23-6-11-25(12-7-23)26-13-15-27(16-14-26)32(35)19-10-24-8-17-30(18-9-24)36-31-21-28(33)20-29(34)22-31/h6-22H,2-5,33-34H2,1H3. The number of nitrogens with two attached hydrogens (primary N) is 2. The van der Waals surface area contributed by atoms with Crippen LogP contribution in [0.5, 0.6) is 11.5 Å². The molecule has 0 fully saturated rings. The fourth-order valence-electron chi connectivity index (χ4n) is 4.03. The number of nitrogen functional groups attached to an aromatic ring is 2. The summed E-state index contributed by atoms with van der Waals surface area (Å²) >= 11 is 0. The van der Waals surface area contributed by atoms with Gasteiger partial charge >= 0.3 is 0 Å². The Morgan fingerprint density at radius 1 is 0.750 bits per heavy atom. The highest BCUT2D eigenvalue weighted by molar-refractivity contribution is 6.07. The lowest BCUT2D eigenvalue weighted by atomic mass is 9.99. The molecule has 0 radical (unpaired) electrons. The molecule has 4 aromatic carbocycles. The molecule has 4 aromatic rings. The van der Waals surface area contributed by atoms with Crippen molar-refractivity contribution in [1.82, 2.24) is 0 Å². The van der Waals surface area contributed by atoms with Crippen LogP contribution in [0.2, 0.25) is 0 Å². The van der Waals surface area contributed by atoms with Gasteiger partial charge in [-0.3, -0.25) is 4.79 Å². The highest BCUT2D eigenvalue weighted by atomic mass is 16.5. The molecule has 182 valence electrons. The summed E-state index contributed by atoms with van der Waals surface area (Å²) in [5, 5.41) is 0. The van der Waals surface area contributed by atoms with Crippen LogP contribution >= 0.6 is 0 Å². The van der Waals surface area contributed by atoms with E-state index in [0.717, 1.165) is 23.1 Å². The molecule has 0 amide bonds. The van der Waals surface area contributed by atoms with Crippen LogP contribution in [0.3, 0.4) is 0 Å². The fraction of sp³-hybridized carbons (Fsp3) is 0.156. The maximum Gasteiger partial charge on any atom is 0.185 e. The van der Waals surface area contributed by atoms with Crippen LogP contribution in [0.25, 0.3) is 17.2 Å². The Morgan fingerprint density at radius 2 is 1.36 bits per heavy atom. The molecule has 0 heterocycles. The van der Waals surface area contributed by atoms with Crippen molar-refractivity contribution < 1.29 is 9.53 Å². The molecule has 0 atom stereocenters. The van der Waals surface area contributed by atoms with E-state index >= 15 is 0 Å². The topological polar surface area (TPSA) is 78.3 Å². The minimum Gasteiger partial charge on any atom is -0.457 e. The molecule has 0 saturated heterocycles. The van der Waals surface area contributed by atoms with Crippen molar-refractivity contribution in [2.24, 2.45) is 0 Å². The van der Waals surface area contributed by atoms with Crippen LogP contribution in [-0.2, 0) is 6.42 Å². The number of unbranched alkanes of at least 4 members (excludes halogenated alkanes) is 2. The van der Waals surface area contributed by atoms with E-state index in [2.05, 4.69) is 31.2 Å². The number of rotatable bonds is 10. The summed E-state index contributed by atoms with van der Waals surface area (Å²) in [5.74, 6) is 1.20. The van der Waals surface area contributed by atoms with E-state index < -0.39 is 0 Å². The van der Waals surface area contributed by atoms with Crippen molar-refractivity contribution in [1.29, 1.82) is 0 Å². The van der Waals surface area contributed by atoms with Crippen molar-refractivity contribution in [3.05, 3.63) is 114 Å². The Hall–Kier alpha value is -4.31. The lowest BCUT2D eigenvalue weighted by molar-refractivity contribution is 0.104. The largest absolute Gasteiger partial charge is 0.457 e. The molecule has 4 N–H and O–H groups in total. The third kappa shape index (κ3) is 6.86. The molecule has 4 heteroatoms. The molecule has 0 aliphatic rings. The summed E-state index contributed by atoms with van der Waals surface area (Å²) in [4.78, 5) is 12.7. The maximum atomic E-state index is 12.7. The summed E-state index contributed by atoms with van der Waals surface area (Å²) in [6.07, 6.45) is 8.26. The van der Waals surface area contributed by atoms with Gasteiger partial charge in [-0.05, 0) is 59.4 Å². The first-order chi connectivity index (χ1) is 17.5. The third-order valence-corrected chi connectivity index (χ3v) is 6.02.